The van der Waals surface area contributed by atoms with Crippen LogP contribution in [-0.4, -0.2) is 69.7 Å². The first-order valence-corrected chi connectivity index (χ1v) is 11.7. The second kappa shape index (κ2) is 10.7. The van der Waals surface area contributed by atoms with Gasteiger partial charge in [0.05, 0.1) is 13.0 Å². The van der Waals surface area contributed by atoms with E-state index in [0.717, 1.165) is 11.1 Å². The predicted octanol–water partition coefficient (Wildman–Crippen LogP) is 1.34. The van der Waals surface area contributed by atoms with E-state index in [9.17, 15) is 14.4 Å². The minimum absolute atomic E-state index is 0.0438. The van der Waals surface area contributed by atoms with Crippen LogP contribution in [-0.2, 0) is 25.5 Å². The molecule has 3 rings (SSSR count). The van der Waals surface area contributed by atoms with Crippen LogP contribution in [0.1, 0.15) is 5.56 Å². The zero-order valence-corrected chi connectivity index (χ0v) is 18.0. The van der Waals surface area contributed by atoms with Crippen molar-refractivity contribution in [1.29, 1.82) is 0 Å². The van der Waals surface area contributed by atoms with E-state index in [-0.39, 0.29) is 42.5 Å². The van der Waals surface area contributed by atoms with Crippen molar-refractivity contribution in [2.45, 2.75) is 17.8 Å². The van der Waals surface area contributed by atoms with E-state index in [4.69, 9.17) is 9.84 Å². The van der Waals surface area contributed by atoms with Gasteiger partial charge in [-0.3, -0.25) is 14.5 Å². The number of fused-ring (bicyclic) bond motifs is 1. The number of amides is 2. The molecule has 2 heterocycles. The summed E-state index contributed by atoms with van der Waals surface area (Å²) >= 11 is 3.00. The van der Waals surface area contributed by atoms with Gasteiger partial charge >= 0.3 is 5.97 Å². The molecule has 1 aromatic carbocycles. The maximum absolute atomic E-state index is 12.8. The zero-order chi connectivity index (χ0) is 21.5. The monoisotopic (exact) mass is 448 g/mol. The molecule has 160 valence electrons. The molecule has 7 nitrogen and oxygen atoms in total. The highest BCUT2D eigenvalue weighted by atomic mass is 32.2. The van der Waals surface area contributed by atoms with Gasteiger partial charge in [0.1, 0.15) is 23.7 Å². The Morgan fingerprint density at radius 3 is 2.83 bits per heavy atom. The molecular formula is C21H24N2O5S2. The SMILES string of the molecule is C=CCOC(=O)C1=C(CSCCO)CSC2C(NC(=O)Cc3ccccc3)C(=O)N12. The fourth-order valence-electron chi connectivity index (χ4n) is 3.25. The van der Waals surface area contributed by atoms with E-state index in [1.165, 1.54) is 34.5 Å². The van der Waals surface area contributed by atoms with Gasteiger partial charge in [0, 0.05) is 17.3 Å². The Morgan fingerprint density at radius 2 is 2.13 bits per heavy atom. The lowest BCUT2D eigenvalue weighted by Crippen LogP contribution is -2.70. The van der Waals surface area contributed by atoms with Gasteiger partial charge in [-0.25, -0.2) is 4.79 Å². The molecule has 30 heavy (non-hydrogen) atoms. The van der Waals surface area contributed by atoms with Crippen molar-refractivity contribution in [3.05, 3.63) is 59.8 Å². The summed E-state index contributed by atoms with van der Waals surface area (Å²) in [6.07, 6.45) is 1.66. The molecule has 0 spiro atoms. The first kappa shape index (κ1) is 22.5. The average Bonchev–Trinajstić information content (AvgIpc) is 2.76. The van der Waals surface area contributed by atoms with E-state index in [1.54, 1.807) is 0 Å². The third kappa shape index (κ3) is 5.08. The topological polar surface area (TPSA) is 95.9 Å². The molecule has 1 saturated heterocycles. The second-order valence-corrected chi connectivity index (χ2v) is 8.94. The Kier molecular flexibility index (Phi) is 8.01. The van der Waals surface area contributed by atoms with Crippen LogP contribution < -0.4 is 5.32 Å². The lowest BCUT2D eigenvalue weighted by molar-refractivity contribution is -0.152. The van der Waals surface area contributed by atoms with Gasteiger partial charge in [0.25, 0.3) is 5.91 Å². The van der Waals surface area contributed by atoms with Crippen molar-refractivity contribution in [1.82, 2.24) is 10.2 Å². The van der Waals surface area contributed by atoms with E-state index >= 15 is 0 Å². The third-order valence-electron chi connectivity index (χ3n) is 4.61. The molecule has 0 aliphatic carbocycles. The van der Waals surface area contributed by atoms with E-state index in [0.29, 0.717) is 17.3 Å². The first-order chi connectivity index (χ1) is 14.6. The number of benzene rings is 1. The molecule has 1 fully saturated rings. The number of thioether (sulfide) groups is 2. The quantitative estimate of drug-likeness (QED) is 0.241. The molecule has 2 unspecified atom stereocenters. The van der Waals surface area contributed by atoms with Crippen LogP contribution in [0.5, 0.6) is 0 Å². The summed E-state index contributed by atoms with van der Waals surface area (Å²) in [7, 11) is 0. The number of nitrogens with one attached hydrogen (secondary N) is 1. The third-order valence-corrected chi connectivity index (χ3v) is 6.97. The zero-order valence-electron chi connectivity index (χ0n) is 16.4. The highest BCUT2D eigenvalue weighted by Crippen LogP contribution is 2.41. The normalized spacial score (nSPS) is 20.3. The van der Waals surface area contributed by atoms with Gasteiger partial charge in [-0.2, -0.15) is 11.8 Å². The number of ether oxygens (including phenoxy) is 1. The van der Waals surface area contributed by atoms with Crippen molar-refractivity contribution >= 4 is 41.3 Å². The van der Waals surface area contributed by atoms with Gasteiger partial charge in [-0.15, -0.1) is 11.8 Å². The minimum Gasteiger partial charge on any atom is -0.457 e. The lowest BCUT2D eigenvalue weighted by atomic mass is 10.0. The van der Waals surface area contributed by atoms with Crippen LogP contribution in [0, 0.1) is 0 Å². The van der Waals surface area contributed by atoms with Gasteiger partial charge in [-0.1, -0.05) is 43.0 Å². The highest BCUT2D eigenvalue weighted by Gasteiger charge is 2.54. The van der Waals surface area contributed by atoms with Crippen molar-refractivity contribution in [2.75, 3.05) is 30.5 Å². The smallest absolute Gasteiger partial charge is 0.355 e. The average molecular weight is 449 g/mol. The summed E-state index contributed by atoms with van der Waals surface area (Å²) in [5.74, 6) is 0.498. The van der Waals surface area contributed by atoms with Gasteiger partial charge in [0.15, 0.2) is 0 Å². The number of esters is 1. The number of hydrogen-bond acceptors (Lipinski definition) is 7. The number of rotatable bonds is 10. The number of carbonyl (C=O) groups is 3. The molecule has 2 aliphatic heterocycles. The van der Waals surface area contributed by atoms with Crippen molar-refractivity contribution in [3.63, 3.8) is 0 Å². The van der Waals surface area contributed by atoms with Crippen molar-refractivity contribution < 1.29 is 24.2 Å². The maximum Gasteiger partial charge on any atom is 0.355 e. The number of carbonyl (C=O) groups excluding carboxylic acids is 3. The van der Waals surface area contributed by atoms with Gasteiger partial charge in [0.2, 0.25) is 5.91 Å². The molecule has 9 heteroatoms. The summed E-state index contributed by atoms with van der Waals surface area (Å²) in [6.45, 7) is 3.64. The van der Waals surface area contributed by atoms with Gasteiger partial charge < -0.3 is 15.2 Å². The molecule has 2 aliphatic rings. The lowest BCUT2D eigenvalue weighted by Gasteiger charge is -2.49. The number of aliphatic hydroxyl groups excluding tert-OH is 1. The Balaban J connectivity index is 1.70. The van der Waals surface area contributed by atoms with Crippen LogP contribution in [0.3, 0.4) is 0 Å². The summed E-state index contributed by atoms with van der Waals surface area (Å²) in [4.78, 5) is 39.3. The van der Waals surface area contributed by atoms with Crippen molar-refractivity contribution in [2.24, 2.45) is 0 Å². The Morgan fingerprint density at radius 1 is 1.37 bits per heavy atom. The maximum atomic E-state index is 12.8. The van der Waals surface area contributed by atoms with E-state index in [2.05, 4.69) is 11.9 Å². The van der Waals surface area contributed by atoms with Crippen LogP contribution in [0.2, 0.25) is 0 Å². The van der Waals surface area contributed by atoms with Crippen LogP contribution in [0.15, 0.2) is 54.3 Å². The summed E-state index contributed by atoms with van der Waals surface area (Å²) in [5, 5.41) is 11.5. The standard InChI is InChI=1S/C21H24N2O5S2/c1-2-9-28-21(27)18-15(12-29-10-8-24)13-30-20-17(19(26)23(18)20)22-16(25)11-14-6-4-3-5-7-14/h2-7,17,20,24H,1,8-13H2,(H,22,25). The molecule has 0 radical (unpaired) electrons. The first-order valence-electron chi connectivity index (χ1n) is 9.53. The molecular weight excluding hydrogens is 424 g/mol. The van der Waals surface area contributed by atoms with Crippen LogP contribution in [0.4, 0.5) is 0 Å². The largest absolute Gasteiger partial charge is 0.457 e. The minimum atomic E-state index is -0.667. The summed E-state index contributed by atoms with van der Waals surface area (Å²) in [6, 6.07) is 8.65. The number of β-lactam (4-membered cyclic amide) rings is 1. The fourth-order valence-corrected chi connectivity index (χ4v) is 5.49. The molecule has 2 atom stereocenters. The highest BCUT2D eigenvalue weighted by molar-refractivity contribution is 8.01. The second-order valence-electron chi connectivity index (χ2n) is 6.73. The van der Waals surface area contributed by atoms with Crippen LogP contribution >= 0.6 is 23.5 Å². The molecule has 0 bridgehead atoms. The van der Waals surface area contributed by atoms with Gasteiger partial charge in [-0.05, 0) is 11.1 Å². The van der Waals surface area contributed by atoms with E-state index < -0.39 is 12.0 Å². The van der Waals surface area contributed by atoms with Crippen LogP contribution in [0.25, 0.3) is 0 Å². The van der Waals surface area contributed by atoms with Crippen molar-refractivity contribution in [3.8, 4) is 0 Å². The Bertz CT molecular complexity index is 843. The molecule has 0 saturated carbocycles. The molecule has 2 N–H and O–H groups in total. The molecule has 2 amide bonds. The Labute approximate surface area is 183 Å². The number of hydrogen-bond donors (Lipinski definition) is 2. The predicted molar refractivity (Wildman–Crippen MR) is 118 cm³/mol. The molecule has 0 aromatic heterocycles. The van der Waals surface area contributed by atoms with E-state index in [1.807, 2.05) is 30.3 Å². The fraction of sp³-hybridized carbons (Fsp3) is 0.381. The molecule has 1 aromatic rings. The summed E-state index contributed by atoms with van der Waals surface area (Å²) in [5.41, 5.74) is 1.92. The Hall–Kier alpha value is -2.23. The number of aliphatic hydroxyl groups is 1. The summed E-state index contributed by atoms with van der Waals surface area (Å²) < 4.78 is 5.20. The number of nitrogens with zero attached hydrogens (tertiary/aromatic N) is 1.